The average Bonchev–Trinajstić information content (AvgIpc) is 2.22. The van der Waals surface area contributed by atoms with Crippen LogP contribution in [0.4, 0.5) is 0 Å². The van der Waals surface area contributed by atoms with E-state index in [4.69, 9.17) is 0 Å². The van der Waals surface area contributed by atoms with Gasteiger partial charge in [-0.25, -0.2) is 0 Å². The molecule has 1 aromatic carbocycles. The second-order valence-corrected chi connectivity index (χ2v) is 3.60. The van der Waals surface area contributed by atoms with Gasteiger partial charge in [-0.15, -0.1) is 0 Å². The first-order valence-corrected chi connectivity index (χ1v) is 5.83. The zero-order valence-corrected chi connectivity index (χ0v) is 10.3. The summed E-state index contributed by atoms with van der Waals surface area (Å²) >= 11 is 0. The Morgan fingerprint density at radius 2 is 1.64 bits per heavy atom. The van der Waals surface area contributed by atoms with Gasteiger partial charge in [-0.1, -0.05) is 65.3 Å². The van der Waals surface area contributed by atoms with Crippen LogP contribution < -0.4 is 0 Å². The van der Waals surface area contributed by atoms with Crippen molar-refractivity contribution >= 4 is 0 Å². The quantitative estimate of drug-likeness (QED) is 0.646. The van der Waals surface area contributed by atoms with E-state index in [0.717, 1.165) is 0 Å². The number of benzene rings is 1. The van der Waals surface area contributed by atoms with Crippen LogP contribution in [0.1, 0.15) is 58.1 Å². The largest absolute Gasteiger partial charge is 0.0683 e. The Bertz CT molecular complexity index is 236. The number of hydrogen-bond acceptors (Lipinski definition) is 0. The molecule has 1 rings (SSSR count). The normalized spacial score (nSPS) is 9.57. The van der Waals surface area contributed by atoms with Gasteiger partial charge in [0.2, 0.25) is 0 Å². The summed E-state index contributed by atoms with van der Waals surface area (Å²) in [4.78, 5) is 0. The van der Waals surface area contributed by atoms with Crippen molar-refractivity contribution in [1.82, 2.24) is 0 Å². The summed E-state index contributed by atoms with van der Waals surface area (Å²) in [6.07, 6.45) is 2.46. The number of rotatable bonds is 3. The van der Waals surface area contributed by atoms with E-state index < -0.39 is 0 Å². The lowest BCUT2D eigenvalue weighted by molar-refractivity contribution is 0.821. The van der Waals surface area contributed by atoms with E-state index in [1.807, 2.05) is 13.8 Å². The Morgan fingerprint density at radius 3 is 2.14 bits per heavy atom. The van der Waals surface area contributed by atoms with E-state index in [-0.39, 0.29) is 0 Å². The minimum absolute atomic E-state index is 0.660. The van der Waals surface area contributed by atoms with Crippen molar-refractivity contribution < 1.29 is 0 Å². The molecule has 0 heterocycles. The third kappa shape index (κ3) is 3.95. The number of hydrogen-bond donors (Lipinski definition) is 0. The van der Waals surface area contributed by atoms with Gasteiger partial charge in [0.05, 0.1) is 0 Å². The molecule has 0 saturated heterocycles. The maximum absolute atomic E-state index is 2.26. The summed E-state index contributed by atoms with van der Waals surface area (Å²) in [5.41, 5.74) is 3.04. The molecule has 14 heavy (non-hydrogen) atoms. The van der Waals surface area contributed by atoms with E-state index in [1.165, 1.54) is 24.0 Å². The number of aryl methyl sites for hydroxylation is 1. The molecule has 0 radical (unpaired) electrons. The topological polar surface area (TPSA) is 0 Å². The third-order valence-corrected chi connectivity index (χ3v) is 2.20. The SMILES string of the molecule is CC.CCCc1ccccc1C(C)C. The third-order valence-electron chi connectivity index (χ3n) is 2.20. The monoisotopic (exact) mass is 192 g/mol. The molecule has 0 bridgehead atoms. The van der Waals surface area contributed by atoms with Crippen LogP contribution in [0.15, 0.2) is 24.3 Å². The van der Waals surface area contributed by atoms with E-state index >= 15 is 0 Å². The van der Waals surface area contributed by atoms with Crippen molar-refractivity contribution in [2.24, 2.45) is 0 Å². The molecule has 0 atom stereocenters. The molecule has 80 valence electrons. The Balaban J connectivity index is 0.000000791. The molecule has 0 aliphatic carbocycles. The van der Waals surface area contributed by atoms with Crippen LogP contribution in [0.3, 0.4) is 0 Å². The molecular formula is C14H24. The fourth-order valence-electron chi connectivity index (χ4n) is 1.59. The molecule has 0 N–H and O–H groups in total. The smallest absolute Gasteiger partial charge is 0.0216 e. The predicted octanol–water partition coefficient (Wildman–Crippen LogP) is 4.79. The fourth-order valence-corrected chi connectivity index (χ4v) is 1.59. The molecule has 0 unspecified atom stereocenters. The second kappa shape index (κ2) is 7.61. The van der Waals surface area contributed by atoms with E-state index in [2.05, 4.69) is 45.0 Å². The van der Waals surface area contributed by atoms with Crippen molar-refractivity contribution in [2.45, 2.75) is 53.4 Å². The summed E-state index contributed by atoms with van der Waals surface area (Å²) in [7, 11) is 0. The fraction of sp³-hybridized carbons (Fsp3) is 0.571. The van der Waals surface area contributed by atoms with Crippen molar-refractivity contribution in [3.05, 3.63) is 35.4 Å². The molecule has 0 aromatic heterocycles. The van der Waals surface area contributed by atoms with Gasteiger partial charge in [-0.2, -0.15) is 0 Å². The lowest BCUT2D eigenvalue weighted by Gasteiger charge is -2.11. The van der Waals surface area contributed by atoms with Crippen molar-refractivity contribution in [2.75, 3.05) is 0 Å². The Morgan fingerprint density at radius 1 is 1.07 bits per heavy atom. The molecule has 0 fully saturated rings. The lowest BCUT2D eigenvalue weighted by Crippen LogP contribution is -1.94. The van der Waals surface area contributed by atoms with Crippen LogP contribution in [0, 0.1) is 0 Å². The van der Waals surface area contributed by atoms with Crippen LogP contribution in [0.25, 0.3) is 0 Å². The van der Waals surface area contributed by atoms with Crippen LogP contribution >= 0.6 is 0 Å². The van der Waals surface area contributed by atoms with Gasteiger partial charge >= 0.3 is 0 Å². The summed E-state index contributed by atoms with van der Waals surface area (Å²) in [5.74, 6) is 0.660. The Kier molecular flexibility index (Phi) is 7.18. The summed E-state index contributed by atoms with van der Waals surface area (Å²) in [6, 6.07) is 8.76. The van der Waals surface area contributed by atoms with Crippen LogP contribution in [-0.2, 0) is 6.42 Å². The van der Waals surface area contributed by atoms with E-state index in [9.17, 15) is 0 Å². The van der Waals surface area contributed by atoms with E-state index in [1.54, 1.807) is 0 Å². The maximum Gasteiger partial charge on any atom is -0.0216 e. The highest BCUT2D eigenvalue weighted by molar-refractivity contribution is 5.29. The van der Waals surface area contributed by atoms with Crippen molar-refractivity contribution in [3.63, 3.8) is 0 Å². The van der Waals surface area contributed by atoms with Crippen LogP contribution in [0.5, 0.6) is 0 Å². The molecular weight excluding hydrogens is 168 g/mol. The molecule has 0 nitrogen and oxygen atoms in total. The van der Waals surface area contributed by atoms with Gasteiger partial charge in [-0.05, 0) is 23.5 Å². The summed E-state index contributed by atoms with van der Waals surface area (Å²) in [5, 5.41) is 0. The molecule has 0 aliphatic rings. The minimum Gasteiger partial charge on any atom is -0.0683 e. The standard InChI is InChI=1S/C12H18.C2H6/c1-4-7-11-8-5-6-9-12(11)10(2)3;1-2/h5-6,8-10H,4,7H2,1-3H3;1-2H3. The van der Waals surface area contributed by atoms with Crippen molar-refractivity contribution in [1.29, 1.82) is 0 Å². The first-order valence-electron chi connectivity index (χ1n) is 5.83. The first-order chi connectivity index (χ1) is 6.75. The maximum atomic E-state index is 2.26. The molecule has 0 heteroatoms. The molecule has 1 aromatic rings. The molecule has 0 spiro atoms. The zero-order chi connectivity index (χ0) is 11.0. The van der Waals surface area contributed by atoms with Gasteiger partial charge in [0.1, 0.15) is 0 Å². The molecule has 0 amide bonds. The summed E-state index contributed by atoms with van der Waals surface area (Å²) < 4.78 is 0. The second-order valence-electron chi connectivity index (χ2n) is 3.60. The highest BCUT2D eigenvalue weighted by Crippen LogP contribution is 2.19. The average molecular weight is 192 g/mol. The van der Waals surface area contributed by atoms with Crippen LogP contribution in [0.2, 0.25) is 0 Å². The van der Waals surface area contributed by atoms with Gasteiger partial charge in [-0.3, -0.25) is 0 Å². The van der Waals surface area contributed by atoms with Gasteiger partial charge in [0.15, 0.2) is 0 Å². The van der Waals surface area contributed by atoms with Crippen molar-refractivity contribution in [3.8, 4) is 0 Å². The Hall–Kier alpha value is -0.780. The zero-order valence-electron chi connectivity index (χ0n) is 10.3. The minimum atomic E-state index is 0.660. The summed E-state index contributed by atoms with van der Waals surface area (Å²) in [6.45, 7) is 10.8. The predicted molar refractivity (Wildman–Crippen MR) is 65.9 cm³/mol. The van der Waals surface area contributed by atoms with Gasteiger partial charge in [0.25, 0.3) is 0 Å². The Labute approximate surface area is 89.4 Å². The lowest BCUT2D eigenvalue weighted by atomic mass is 9.95. The van der Waals surface area contributed by atoms with Gasteiger partial charge in [0, 0.05) is 0 Å². The first kappa shape index (κ1) is 13.2. The van der Waals surface area contributed by atoms with Gasteiger partial charge < -0.3 is 0 Å². The molecule has 0 saturated carbocycles. The van der Waals surface area contributed by atoms with E-state index in [0.29, 0.717) is 5.92 Å². The highest BCUT2D eigenvalue weighted by atomic mass is 14.1. The van der Waals surface area contributed by atoms with Crippen LogP contribution in [-0.4, -0.2) is 0 Å². The highest BCUT2D eigenvalue weighted by Gasteiger charge is 2.03. The molecule has 0 aliphatic heterocycles.